The molecule has 0 fully saturated rings. The first-order chi connectivity index (χ1) is 14.3. The minimum absolute atomic E-state index is 0.362. The van der Waals surface area contributed by atoms with Gasteiger partial charge in [-0.25, -0.2) is 0 Å². The third-order valence-corrected chi connectivity index (χ3v) is 5.17. The number of allylic oxidation sites excluding steroid dienone is 4. The van der Waals surface area contributed by atoms with Gasteiger partial charge in [0.15, 0.2) is 0 Å². The molecule has 0 saturated heterocycles. The Bertz CT molecular complexity index is 588. The molecule has 0 aliphatic heterocycles. The van der Waals surface area contributed by atoms with Crippen molar-refractivity contribution in [3.8, 4) is 11.8 Å². The second kappa shape index (κ2) is 19.5. The summed E-state index contributed by atoms with van der Waals surface area (Å²) in [6.45, 7) is 5.22. The molecule has 0 bridgehead atoms. The van der Waals surface area contributed by atoms with Gasteiger partial charge in [0, 0.05) is 12.5 Å². The van der Waals surface area contributed by atoms with Crippen LogP contribution in [0.3, 0.4) is 0 Å². The van der Waals surface area contributed by atoms with Crippen LogP contribution in [0.1, 0.15) is 103 Å². The number of hydrogen-bond donors (Lipinski definition) is 1. The molecule has 0 aromatic heterocycles. The fraction of sp³-hybridized carbons (Fsp3) is 0.571. The zero-order valence-corrected chi connectivity index (χ0v) is 19.0. The summed E-state index contributed by atoms with van der Waals surface area (Å²) < 4.78 is 0. The van der Waals surface area contributed by atoms with Gasteiger partial charge in [-0.05, 0) is 51.0 Å². The Hall–Kier alpha value is -1.78. The minimum Gasteiger partial charge on any atom is -0.300 e. The molecule has 1 atom stereocenters. The molecule has 29 heavy (non-hydrogen) atoms. The molecule has 1 unspecified atom stereocenters. The highest BCUT2D eigenvalue weighted by atomic mass is 14.9. The summed E-state index contributed by atoms with van der Waals surface area (Å²) in [4.78, 5) is 0. The SMILES string of the molecule is CCCCC/C=C\C/C=C\CCCCCCCC#CCNC(C)c1ccccc1. The molecule has 0 spiro atoms. The lowest BCUT2D eigenvalue weighted by atomic mass is 10.1. The molecule has 1 rings (SSSR count). The molecular formula is C28H43N. The van der Waals surface area contributed by atoms with Crippen LogP contribution in [0.25, 0.3) is 0 Å². The Morgan fingerprint density at radius 1 is 0.793 bits per heavy atom. The van der Waals surface area contributed by atoms with E-state index in [0.717, 1.165) is 19.4 Å². The van der Waals surface area contributed by atoms with E-state index in [2.05, 4.69) is 85.6 Å². The Kier molecular flexibility index (Phi) is 17.0. The van der Waals surface area contributed by atoms with Gasteiger partial charge in [-0.15, -0.1) is 5.92 Å². The molecule has 0 saturated carbocycles. The fourth-order valence-electron chi connectivity index (χ4n) is 3.24. The summed E-state index contributed by atoms with van der Waals surface area (Å²) in [6.07, 6.45) is 24.5. The lowest BCUT2D eigenvalue weighted by Gasteiger charge is -2.11. The molecule has 1 aromatic rings. The van der Waals surface area contributed by atoms with Gasteiger partial charge in [0.1, 0.15) is 0 Å². The van der Waals surface area contributed by atoms with Crippen molar-refractivity contribution in [2.45, 2.75) is 96.9 Å². The van der Waals surface area contributed by atoms with Gasteiger partial charge in [0.05, 0.1) is 6.54 Å². The summed E-state index contributed by atoms with van der Waals surface area (Å²) in [6, 6.07) is 10.9. The van der Waals surface area contributed by atoms with Crippen molar-refractivity contribution in [2.24, 2.45) is 0 Å². The van der Waals surface area contributed by atoms with Crippen molar-refractivity contribution in [3.63, 3.8) is 0 Å². The lowest BCUT2D eigenvalue weighted by Crippen LogP contribution is -2.18. The maximum atomic E-state index is 3.47. The van der Waals surface area contributed by atoms with E-state index in [9.17, 15) is 0 Å². The summed E-state index contributed by atoms with van der Waals surface area (Å²) in [5.41, 5.74) is 1.32. The second-order valence-corrected chi connectivity index (χ2v) is 7.85. The molecule has 0 aliphatic carbocycles. The van der Waals surface area contributed by atoms with Gasteiger partial charge < -0.3 is 0 Å². The van der Waals surface area contributed by atoms with Crippen molar-refractivity contribution in [3.05, 3.63) is 60.2 Å². The quantitative estimate of drug-likeness (QED) is 0.170. The highest BCUT2D eigenvalue weighted by Crippen LogP contribution is 2.10. The summed E-state index contributed by atoms with van der Waals surface area (Å²) in [5, 5.41) is 3.47. The Balaban J connectivity index is 1.87. The lowest BCUT2D eigenvalue weighted by molar-refractivity contribution is 0.620. The van der Waals surface area contributed by atoms with Gasteiger partial charge in [0.25, 0.3) is 0 Å². The van der Waals surface area contributed by atoms with Crippen molar-refractivity contribution in [1.29, 1.82) is 0 Å². The van der Waals surface area contributed by atoms with Gasteiger partial charge >= 0.3 is 0 Å². The van der Waals surface area contributed by atoms with E-state index in [1.54, 1.807) is 0 Å². The van der Waals surface area contributed by atoms with Gasteiger partial charge in [0.2, 0.25) is 0 Å². The molecule has 0 aliphatic rings. The van der Waals surface area contributed by atoms with Crippen molar-refractivity contribution < 1.29 is 0 Å². The predicted molar refractivity (Wildman–Crippen MR) is 130 cm³/mol. The summed E-state index contributed by atoms with van der Waals surface area (Å²) in [5.74, 6) is 6.57. The fourth-order valence-corrected chi connectivity index (χ4v) is 3.24. The maximum absolute atomic E-state index is 3.47. The first-order valence-electron chi connectivity index (χ1n) is 11.9. The third-order valence-electron chi connectivity index (χ3n) is 5.17. The van der Waals surface area contributed by atoms with E-state index in [1.165, 1.54) is 69.8 Å². The van der Waals surface area contributed by atoms with Gasteiger partial charge in [-0.3, -0.25) is 5.32 Å². The first kappa shape index (κ1) is 25.3. The molecule has 0 heterocycles. The van der Waals surface area contributed by atoms with Crippen molar-refractivity contribution >= 4 is 0 Å². The van der Waals surface area contributed by atoms with Crippen LogP contribution in [-0.4, -0.2) is 6.54 Å². The van der Waals surface area contributed by atoms with Crippen LogP contribution in [-0.2, 0) is 0 Å². The third kappa shape index (κ3) is 15.8. The predicted octanol–water partition coefficient (Wildman–Crippen LogP) is 8.15. The maximum Gasteiger partial charge on any atom is 0.0581 e. The van der Waals surface area contributed by atoms with Gasteiger partial charge in [-0.2, -0.15) is 0 Å². The number of benzene rings is 1. The van der Waals surface area contributed by atoms with Crippen LogP contribution in [0.15, 0.2) is 54.6 Å². The normalized spacial score (nSPS) is 12.3. The van der Waals surface area contributed by atoms with Crippen LogP contribution in [0.4, 0.5) is 0 Å². The van der Waals surface area contributed by atoms with E-state index in [-0.39, 0.29) is 0 Å². The van der Waals surface area contributed by atoms with E-state index < -0.39 is 0 Å². The topological polar surface area (TPSA) is 12.0 Å². The Morgan fingerprint density at radius 2 is 1.45 bits per heavy atom. The van der Waals surface area contributed by atoms with Crippen LogP contribution in [0.5, 0.6) is 0 Å². The van der Waals surface area contributed by atoms with Crippen LogP contribution in [0.2, 0.25) is 0 Å². The number of hydrogen-bond acceptors (Lipinski definition) is 1. The number of unbranched alkanes of at least 4 members (excludes halogenated alkanes) is 9. The molecule has 1 heteroatoms. The first-order valence-corrected chi connectivity index (χ1v) is 11.9. The van der Waals surface area contributed by atoms with E-state index >= 15 is 0 Å². The average Bonchev–Trinajstić information content (AvgIpc) is 2.75. The molecular weight excluding hydrogens is 350 g/mol. The highest BCUT2D eigenvalue weighted by Gasteiger charge is 2.01. The van der Waals surface area contributed by atoms with Gasteiger partial charge in [-0.1, -0.05) is 99.6 Å². The summed E-state index contributed by atoms with van der Waals surface area (Å²) in [7, 11) is 0. The Morgan fingerprint density at radius 3 is 2.17 bits per heavy atom. The molecule has 1 aromatic carbocycles. The molecule has 160 valence electrons. The number of rotatable bonds is 16. The van der Waals surface area contributed by atoms with Crippen LogP contribution < -0.4 is 5.32 Å². The van der Waals surface area contributed by atoms with Crippen LogP contribution in [0, 0.1) is 11.8 Å². The summed E-state index contributed by atoms with van der Waals surface area (Å²) >= 11 is 0. The monoisotopic (exact) mass is 393 g/mol. The second-order valence-electron chi connectivity index (χ2n) is 7.85. The van der Waals surface area contributed by atoms with Crippen molar-refractivity contribution in [2.75, 3.05) is 6.54 Å². The zero-order valence-electron chi connectivity index (χ0n) is 19.0. The number of nitrogens with one attached hydrogen (secondary N) is 1. The molecule has 0 radical (unpaired) electrons. The zero-order chi connectivity index (χ0) is 20.8. The van der Waals surface area contributed by atoms with Crippen molar-refractivity contribution in [1.82, 2.24) is 5.32 Å². The average molecular weight is 394 g/mol. The largest absolute Gasteiger partial charge is 0.300 e. The van der Waals surface area contributed by atoms with E-state index in [0.29, 0.717) is 6.04 Å². The highest BCUT2D eigenvalue weighted by molar-refractivity contribution is 5.18. The van der Waals surface area contributed by atoms with E-state index in [1.807, 2.05) is 0 Å². The molecule has 0 amide bonds. The molecule has 1 N–H and O–H groups in total. The van der Waals surface area contributed by atoms with E-state index in [4.69, 9.17) is 0 Å². The molecule has 1 nitrogen and oxygen atoms in total. The Labute approximate surface area is 181 Å². The smallest absolute Gasteiger partial charge is 0.0581 e. The standard InChI is InChI=1S/C28H43N/c1-3-4-5-6-7-8-9-10-11-12-13-14-15-16-17-18-19-23-26-29-27(2)28-24-21-20-22-25-28/h7-8,10-11,20-22,24-25,27,29H,3-6,9,12-18,26H2,1-2H3/b8-7-,11-10-. The minimum atomic E-state index is 0.362. The van der Waals surface area contributed by atoms with Crippen LogP contribution >= 0.6 is 0 Å².